The molecule has 0 spiro atoms. The van der Waals surface area contributed by atoms with Gasteiger partial charge in [0.05, 0.1) is 0 Å². The van der Waals surface area contributed by atoms with Gasteiger partial charge in [-0.2, -0.15) is 0 Å². The maximum Gasteiger partial charge on any atom is 0.0395 e. The Morgan fingerprint density at radius 3 is 2.29 bits per heavy atom. The molecule has 0 aromatic carbocycles. The van der Waals surface area contributed by atoms with Crippen molar-refractivity contribution in [2.24, 2.45) is 5.41 Å². The molecule has 0 heterocycles. The van der Waals surface area contributed by atoms with Crippen molar-refractivity contribution >= 4 is 11.6 Å². The fourth-order valence-electron chi connectivity index (χ4n) is 0.716. The summed E-state index contributed by atoms with van der Waals surface area (Å²) in [4.78, 5) is 0. The summed E-state index contributed by atoms with van der Waals surface area (Å²) in [7, 11) is 0. The highest BCUT2D eigenvalue weighted by atomic mass is 35.5. The second-order valence-electron chi connectivity index (χ2n) is 2.68. The zero-order chi connectivity index (χ0) is 5.49. The average Bonchev–Trinajstić information content (AvgIpc) is 2.18. The van der Waals surface area contributed by atoms with Crippen molar-refractivity contribution in [3.8, 4) is 0 Å². The SMILES string of the molecule is CCC1(C)CC1Cl. The molecular weight excluding hydrogens is 108 g/mol. The summed E-state index contributed by atoms with van der Waals surface area (Å²) in [5.41, 5.74) is 0.515. The van der Waals surface area contributed by atoms with Crippen molar-refractivity contribution in [3.63, 3.8) is 0 Å². The molecule has 1 aliphatic carbocycles. The molecule has 42 valence electrons. The lowest BCUT2D eigenvalue weighted by atomic mass is 10.1. The van der Waals surface area contributed by atoms with E-state index in [2.05, 4.69) is 13.8 Å². The maximum absolute atomic E-state index is 5.79. The van der Waals surface area contributed by atoms with Gasteiger partial charge in [-0.25, -0.2) is 0 Å². The standard InChI is InChI=1S/C6H11Cl/c1-3-6(2)4-5(6)7/h5H,3-4H2,1-2H3. The molecule has 2 atom stereocenters. The monoisotopic (exact) mass is 118 g/mol. The van der Waals surface area contributed by atoms with Gasteiger partial charge in [0.1, 0.15) is 0 Å². The molecule has 0 N–H and O–H groups in total. The second-order valence-corrected chi connectivity index (χ2v) is 3.21. The van der Waals surface area contributed by atoms with Crippen LogP contribution in [-0.4, -0.2) is 5.38 Å². The van der Waals surface area contributed by atoms with Gasteiger partial charge >= 0.3 is 0 Å². The predicted molar refractivity (Wildman–Crippen MR) is 32.7 cm³/mol. The molecule has 0 nitrogen and oxygen atoms in total. The second kappa shape index (κ2) is 1.38. The molecule has 0 aromatic heterocycles. The number of hydrogen-bond donors (Lipinski definition) is 0. The number of rotatable bonds is 1. The van der Waals surface area contributed by atoms with E-state index in [9.17, 15) is 0 Å². The fraction of sp³-hybridized carbons (Fsp3) is 1.00. The summed E-state index contributed by atoms with van der Waals surface area (Å²) >= 11 is 5.79. The number of hydrogen-bond acceptors (Lipinski definition) is 0. The Morgan fingerprint density at radius 1 is 1.86 bits per heavy atom. The summed E-state index contributed by atoms with van der Waals surface area (Å²) in [6.45, 7) is 4.44. The van der Waals surface area contributed by atoms with Crippen molar-refractivity contribution in [2.75, 3.05) is 0 Å². The van der Waals surface area contributed by atoms with Crippen LogP contribution < -0.4 is 0 Å². The minimum atomic E-state index is 0.484. The topological polar surface area (TPSA) is 0 Å². The van der Waals surface area contributed by atoms with Crippen LogP contribution in [0.3, 0.4) is 0 Å². The Kier molecular flexibility index (Phi) is 1.07. The van der Waals surface area contributed by atoms with Gasteiger partial charge in [-0.1, -0.05) is 13.8 Å². The van der Waals surface area contributed by atoms with E-state index in [0.717, 1.165) is 0 Å². The van der Waals surface area contributed by atoms with E-state index in [1.807, 2.05) is 0 Å². The Hall–Kier alpha value is 0.290. The Bertz CT molecular complexity index is 76.2. The van der Waals surface area contributed by atoms with Gasteiger partial charge in [0, 0.05) is 5.38 Å². The quantitative estimate of drug-likeness (QED) is 0.464. The molecule has 0 aliphatic heterocycles. The molecule has 1 aliphatic rings. The van der Waals surface area contributed by atoms with Crippen LogP contribution in [-0.2, 0) is 0 Å². The van der Waals surface area contributed by atoms with E-state index in [1.54, 1.807) is 0 Å². The molecule has 0 aromatic rings. The van der Waals surface area contributed by atoms with Crippen LogP contribution >= 0.6 is 11.6 Å². The Balaban J connectivity index is 2.36. The Labute approximate surface area is 49.9 Å². The van der Waals surface area contributed by atoms with Gasteiger partial charge in [-0.15, -0.1) is 11.6 Å². The molecular formula is C6H11Cl. The van der Waals surface area contributed by atoms with E-state index < -0.39 is 0 Å². The first-order chi connectivity index (χ1) is 3.19. The van der Waals surface area contributed by atoms with E-state index in [-0.39, 0.29) is 0 Å². The molecule has 1 saturated carbocycles. The van der Waals surface area contributed by atoms with Crippen molar-refractivity contribution in [3.05, 3.63) is 0 Å². The maximum atomic E-state index is 5.79. The van der Waals surface area contributed by atoms with E-state index in [4.69, 9.17) is 11.6 Å². The number of halogens is 1. The van der Waals surface area contributed by atoms with Crippen LogP contribution in [0.1, 0.15) is 26.7 Å². The van der Waals surface area contributed by atoms with E-state index in [1.165, 1.54) is 12.8 Å². The van der Waals surface area contributed by atoms with Crippen LogP contribution in [0.25, 0.3) is 0 Å². The molecule has 0 bridgehead atoms. The van der Waals surface area contributed by atoms with E-state index in [0.29, 0.717) is 10.8 Å². The highest BCUT2D eigenvalue weighted by Gasteiger charge is 2.46. The summed E-state index contributed by atoms with van der Waals surface area (Å²) in [6, 6.07) is 0. The first-order valence-corrected chi connectivity index (χ1v) is 3.27. The zero-order valence-electron chi connectivity index (χ0n) is 4.87. The van der Waals surface area contributed by atoms with Crippen molar-refractivity contribution in [1.82, 2.24) is 0 Å². The van der Waals surface area contributed by atoms with Crippen molar-refractivity contribution < 1.29 is 0 Å². The van der Waals surface area contributed by atoms with Crippen LogP contribution in [0, 0.1) is 5.41 Å². The van der Waals surface area contributed by atoms with Crippen LogP contribution in [0.4, 0.5) is 0 Å². The summed E-state index contributed by atoms with van der Waals surface area (Å²) in [5.74, 6) is 0. The van der Waals surface area contributed by atoms with Crippen LogP contribution in [0.15, 0.2) is 0 Å². The first-order valence-electron chi connectivity index (χ1n) is 2.83. The number of alkyl halides is 1. The zero-order valence-corrected chi connectivity index (χ0v) is 5.63. The van der Waals surface area contributed by atoms with Crippen LogP contribution in [0.2, 0.25) is 0 Å². The van der Waals surface area contributed by atoms with Gasteiger partial charge in [-0.3, -0.25) is 0 Å². The van der Waals surface area contributed by atoms with Crippen LogP contribution in [0.5, 0.6) is 0 Å². The first kappa shape index (κ1) is 5.43. The van der Waals surface area contributed by atoms with Crippen molar-refractivity contribution in [1.29, 1.82) is 0 Å². The minimum Gasteiger partial charge on any atom is -0.122 e. The van der Waals surface area contributed by atoms with Gasteiger partial charge < -0.3 is 0 Å². The molecule has 0 radical (unpaired) electrons. The average molecular weight is 119 g/mol. The highest BCUT2D eigenvalue weighted by molar-refractivity contribution is 6.23. The lowest BCUT2D eigenvalue weighted by Gasteiger charge is -1.99. The lowest BCUT2D eigenvalue weighted by molar-refractivity contribution is 0.553. The molecule has 0 saturated heterocycles. The fourth-order valence-corrected chi connectivity index (χ4v) is 1.22. The van der Waals surface area contributed by atoms with E-state index >= 15 is 0 Å². The van der Waals surface area contributed by atoms with Gasteiger partial charge in [0.15, 0.2) is 0 Å². The summed E-state index contributed by atoms with van der Waals surface area (Å²) < 4.78 is 0. The molecule has 1 heteroatoms. The molecule has 7 heavy (non-hydrogen) atoms. The largest absolute Gasteiger partial charge is 0.122 e. The lowest BCUT2D eigenvalue weighted by Crippen LogP contribution is -1.92. The molecule has 0 amide bonds. The third-order valence-corrected chi connectivity index (χ3v) is 2.73. The Morgan fingerprint density at radius 2 is 2.29 bits per heavy atom. The third kappa shape index (κ3) is 0.766. The third-order valence-electron chi connectivity index (χ3n) is 2.05. The normalized spacial score (nSPS) is 49.3. The van der Waals surface area contributed by atoms with Gasteiger partial charge in [0.2, 0.25) is 0 Å². The highest BCUT2D eigenvalue weighted by Crippen LogP contribution is 2.52. The molecule has 2 unspecified atom stereocenters. The molecule has 1 rings (SSSR count). The predicted octanol–water partition coefficient (Wildman–Crippen LogP) is 2.41. The minimum absolute atomic E-state index is 0.484. The van der Waals surface area contributed by atoms with Gasteiger partial charge in [0.25, 0.3) is 0 Å². The smallest absolute Gasteiger partial charge is 0.0395 e. The van der Waals surface area contributed by atoms with Gasteiger partial charge in [-0.05, 0) is 18.3 Å². The van der Waals surface area contributed by atoms with Crippen molar-refractivity contribution in [2.45, 2.75) is 32.1 Å². The molecule has 1 fully saturated rings. The summed E-state index contributed by atoms with van der Waals surface area (Å²) in [5, 5.41) is 0.484. The summed E-state index contributed by atoms with van der Waals surface area (Å²) in [6.07, 6.45) is 2.46.